The highest BCUT2D eigenvalue weighted by Crippen LogP contribution is 2.39. The number of aliphatic hydroxyl groups excluding tert-OH is 1. The molecule has 0 aliphatic rings. The summed E-state index contributed by atoms with van der Waals surface area (Å²) in [7, 11) is -2.11. The number of carboxylic acid groups (broad SMARTS) is 1. The van der Waals surface area contributed by atoms with Crippen molar-refractivity contribution in [3.05, 3.63) is 12.2 Å². The highest BCUT2D eigenvalue weighted by Gasteiger charge is 2.43. The van der Waals surface area contributed by atoms with E-state index in [4.69, 9.17) is 4.43 Å². The third-order valence-electron chi connectivity index (χ3n) is 4.57. The number of allylic oxidation sites excluding steroid dienone is 1. The van der Waals surface area contributed by atoms with Crippen molar-refractivity contribution in [3.63, 3.8) is 0 Å². The molecular weight excluding hydrogens is 284 g/mol. The molecule has 0 bridgehead atoms. The zero-order valence-corrected chi connectivity index (χ0v) is 15.7. The second-order valence-corrected chi connectivity index (χ2v) is 12.1. The lowest BCUT2D eigenvalue weighted by molar-refractivity contribution is -0.146. The van der Waals surface area contributed by atoms with Gasteiger partial charge in [0.1, 0.15) is 0 Å². The van der Waals surface area contributed by atoms with E-state index in [0.717, 1.165) is 0 Å². The van der Waals surface area contributed by atoms with E-state index in [1.807, 2.05) is 13.8 Å². The summed E-state index contributed by atoms with van der Waals surface area (Å²) in [6.45, 7) is 15.9. The molecule has 0 amide bonds. The van der Waals surface area contributed by atoms with Crippen LogP contribution < -0.4 is 0 Å². The summed E-state index contributed by atoms with van der Waals surface area (Å²) < 4.78 is 6.32. The maximum Gasteiger partial charge on any atom is 0.308 e. The van der Waals surface area contributed by atoms with Gasteiger partial charge in [0.25, 0.3) is 0 Å². The highest BCUT2D eigenvalue weighted by molar-refractivity contribution is 6.74. The summed E-state index contributed by atoms with van der Waals surface area (Å²) in [4.78, 5) is 11.4. The van der Waals surface area contributed by atoms with Gasteiger partial charge >= 0.3 is 5.97 Å². The van der Waals surface area contributed by atoms with Crippen molar-refractivity contribution in [2.45, 2.75) is 71.9 Å². The molecule has 0 aromatic heterocycles. The van der Waals surface area contributed by atoms with Crippen LogP contribution in [0.15, 0.2) is 12.2 Å². The van der Waals surface area contributed by atoms with Crippen molar-refractivity contribution in [2.75, 3.05) is 0 Å². The van der Waals surface area contributed by atoms with Gasteiger partial charge in [0.15, 0.2) is 8.32 Å². The van der Waals surface area contributed by atoms with E-state index >= 15 is 0 Å². The summed E-state index contributed by atoms with van der Waals surface area (Å²) >= 11 is 0. The van der Waals surface area contributed by atoms with Crippen LogP contribution in [0.3, 0.4) is 0 Å². The van der Waals surface area contributed by atoms with E-state index in [-0.39, 0.29) is 11.0 Å². The SMILES string of the molecule is C/C=C/[C@@H](O)[C@H](C)[C@H](O[Si](C)(C)C(C)(C)C)[C@@H](C)C(=O)O. The first kappa shape index (κ1) is 20.3. The Labute approximate surface area is 130 Å². The first-order chi connectivity index (χ1) is 9.35. The molecule has 0 unspecified atom stereocenters. The third kappa shape index (κ3) is 5.56. The second kappa shape index (κ2) is 7.56. The monoisotopic (exact) mass is 316 g/mol. The fourth-order valence-electron chi connectivity index (χ4n) is 1.89. The Bertz CT molecular complexity index is 371. The van der Waals surface area contributed by atoms with Crippen LogP contribution in [0.4, 0.5) is 0 Å². The van der Waals surface area contributed by atoms with Gasteiger partial charge in [-0.1, -0.05) is 39.8 Å². The molecule has 0 fully saturated rings. The summed E-state index contributed by atoms with van der Waals surface area (Å²) in [5, 5.41) is 19.5. The molecule has 4 nitrogen and oxygen atoms in total. The van der Waals surface area contributed by atoms with Gasteiger partial charge in [-0.25, -0.2) is 0 Å². The molecule has 5 heteroatoms. The molecule has 0 radical (unpaired) electrons. The number of aliphatic carboxylic acids is 1. The van der Waals surface area contributed by atoms with Gasteiger partial charge in [0.05, 0.1) is 18.1 Å². The minimum Gasteiger partial charge on any atom is -0.481 e. The highest BCUT2D eigenvalue weighted by atomic mass is 28.4. The molecule has 21 heavy (non-hydrogen) atoms. The molecule has 4 atom stereocenters. The van der Waals surface area contributed by atoms with Crippen LogP contribution in [0.2, 0.25) is 18.1 Å². The lowest BCUT2D eigenvalue weighted by Crippen LogP contribution is -2.50. The summed E-state index contributed by atoms with van der Waals surface area (Å²) in [5.41, 5.74) is 0. The quantitative estimate of drug-likeness (QED) is 0.555. The zero-order chi connectivity index (χ0) is 17.0. The topological polar surface area (TPSA) is 66.8 Å². The molecule has 0 aromatic carbocycles. The number of rotatable bonds is 7. The molecule has 0 rings (SSSR count). The Kier molecular flexibility index (Phi) is 7.33. The number of carboxylic acids is 1. The fraction of sp³-hybridized carbons (Fsp3) is 0.812. The van der Waals surface area contributed by atoms with Crippen molar-refractivity contribution >= 4 is 14.3 Å². The molecule has 0 spiro atoms. The number of hydrogen-bond acceptors (Lipinski definition) is 3. The largest absolute Gasteiger partial charge is 0.481 e. The third-order valence-corrected chi connectivity index (χ3v) is 9.04. The van der Waals surface area contributed by atoms with Crippen LogP contribution in [0.5, 0.6) is 0 Å². The lowest BCUT2D eigenvalue weighted by atomic mass is 9.89. The smallest absolute Gasteiger partial charge is 0.308 e. The van der Waals surface area contributed by atoms with Gasteiger partial charge in [0.2, 0.25) is 0 Å². The predicted molar refractivity (Wildman–Crippen MR) is 88.9 cm³/mol. The van der Waals surface area contributed by atoms with Gasteiger partial charge in [-0.05, 0) is 32.0 Å². The maximum absolute atomic E-state index is 11.4. The van der Waals surface area contributed by atoms with Gasteiger partial charge in [-0.15, -0.1) is 0 Å². The van der Waals surface area contributed by atoms with Crippen LogP contribution in [-0.2, 0) is 9.22 Å². The molecule has 0 heterocycles. The summed E-state index contributed by atoms with van der Waals surface area (Å²) in [6, 6.07) is 0. The predicted octanol–water partition coefficient (Wildman–Crippen LogP) is 3.67. The first-order valence-corrected chi connectivity index (χ1v) is 10.5. The molecular formula is C16H32O4Si. The molecule has 0 aromatic rings. The molecule has 0 aliphatic heterocycles. The van der Waals surface area contributed by atoms with Crippen LogP contribution in [0.25, 0.3) is 0 Å². The Morgan fingerprint density at radius 3 is 2.05 bits per heavy atom. The van der Waals surface area contributed by atoms with E-state index in [2.05, 4.69) is 33.9 Å². The van der Waals surface area contributed by atoms with E-state index in [0.29, 0.717) is 0 Å². The van der Waals surface area contributed by atoms with Crippen molar-refractivity contribution < 1.29 is 19.4 Å². The molecule has 0 saturated carbocycles. The second-order valence-electron chi connectivity index (χ2n) is 7.35. The van der Waals surface area contributed by atoms with E-state index < -0.39 is 32.4 Å². The summed E-state index contributed by atoms with van der Waals surface area (Å²) in [6.07, 6.45) is 2.25. The minimum atomic E-state index is -2.11. The Morgan fingerprint density at radius 2 is 1.71 bits per heavy atom. The molecule has 2 N–H and O–H groups in total. The van der Waals surface area contributed by atoms with Gasteiger partial charge in [-0.2, -0.15) is 0 Å². The van der Waals surface area contributed by atoms with E-state index in [1.165, 1.54) is 0 Å². The van der Waals surface area contributed by atoms with Crippen molar-refractivity contribution in [1.82, 2.24) is 0 Å². The Balaban J connectivity index is 5.40. The molecule has 0 saturated heterocycles. The number of aliphatic hydroxyl groups is 1. The fourth-order valence-corrected chi connectivity index (χ4v) is 3.34. The number of hydrogen-bond donors (Lipinski definition) is 2. The van der Waals surface area contributed by atoms with Crippen LogP contribution in [0.1, 0.15) is 41.5 Å². The molecule has 124 valence electrons. The van der Waals surface area contributed by atoms with Crippen molar-refractivity contribution in [2.24, 2.45) is 11.8 Å². The lowest BCUT2D eigenvalue weighted by Gasteiger charge is -2.42. The average molecular weight is 317 g/mol. The molecule has 0 aliphatic carbocycles. The Hall–Kier alpha value is -0.653. The normalized spacial score (nSPS) is 19.3. The standard InChI is InChI=1S/C16H32O4Si/c1-9-10-13(17)11(2)14(12(3)15(18)19)20-21(7,8)16(4,5)6/h9-14,17H,1-8H3,(H,18,19)/b10-9+/t11-,12+,13+,14-/m0/s1. The van der Waals surface area contributed by atoms with Crippen molar-refractivity contribution in [1.29, 1.82) is 0 Å². The van der Waals surface area contributed by atoms with E-state index in [1.54, 1.807) is 19.1 Å². The Morgan fingerprint density at radius 1 is 1.24 bits per heavy atom. The summed E-state index contributed by atoms with van der Waals surface area (Å²) in [5.74, 6) is -1.83. The van der Waals surface area contributed by atoms with Crippen LogP contribution in [-0.4, -0.2) is 36.7 Å². The van der Waals surface area contributed by atoms with E-state index in [9.17, 15) is 15.0 Å². The number of carbonyl (C=O) groups is 1. The minimum absolute atomic E-state index is 0.00522. The maximum atomic E-state index is 11.4. The van der Waals surface area contributed by atoms with Gasteiger partial charge in [0, 0.05) is 5.92 Å². The van der Waals surface area contributed by atoms with Crippen LogP contribution in [0, 0.1) is 11.8 Å². The zero-order valence-electron chi connectivity index (χ0n) is 14.7. The average Bonchev–Trinajstić information content (AvgIpc) is 2.33. The van der Waals surface area contributed by atoms with Crippen LogP contribution >= 0.6 is 0 Å². The van der Waals surface area contributed by atoms with Gasteiger partial charge in [-0.3, -0.25) is 4.79 Å². The van der Waals surface area contributed by atoms with Gasteiger partial charge < -0.3 is 14.6 Å². The van der Waals surface area contributed by atoms with Crippen molar-refractivity contribution in [3.8, 4) is 0 Å². The first-order valence-electron chi connectivity index (χ1n) is 7.56.